The van der Waals surface area contributed by atoms with Crippen molar-refractivity contribution in [3.63, 3.8) is 0 Å². The summed E-state index contributed by atoms with van der Waals surface area (Å²) in [5.41, 5.74) is 0. The van der Waals surface area contributed by atoms with Crippen LogP contribution in [0.3, 0.4) is 0 Å². The summed E-state index contributed by atoms with van der Waals surface area (Å²) in [7, 11) is 0. The lowest BCUT2D eigenvalue weighted by atomic mass is 10.3. The first-order chi connectivity index (χ1) is 4.91. The maximum atomic E-state index is 11.1. The van der Waals surface area contributed by atoms with Crippen LogP contribution >= 0.6 is 0 Å². The summed E-state index contributed by atoms with van der Waals surface area (Å²) in [6, 6.07) is 0. The first kappa shape index (κ1) is 29.2. The zero-order chi connectivity index (χ0) is 9.33. The molecule has 0 atom stereocenters. The van der Waals surface area contributed by atoms with E-state index in [2.05, 4.69) is 6.58 Å². The standard InChI is InChI=1S/C5H9F.CF4.3CH4/c1-2-3-4-5-6;2-1(3,4)5;;;/h2H,1,3-5H2;;3*1H4. The summed E-state index contributed by atoms with van der Waals surface area (Å²) in [6.07, 6.45) is -2.35. The number of halogens is 5. The number of alkyl halides is 5. The topological polar surface area (TPSA) is 0 Å². The Balaban J connectivity index is -0.0000000321. The summed E-state index contributed by atoms with van der Waals surface area (Å²) in [5, 5.41) is 0. The Kier molecular flexibility index (Phi) is 38.0. The monoisotopic (exact) mass is 224 g/mol. The molecule has 92 valence electrons. The molecular weight excluding hydrogens is 203 g/mol. The summed E-state index contributed by atoms with van der Waals surface area (Å²) in [5.74, 6) is 0. The highest BCUT2D eigenvalue weighted by Gasteiger charge is 2.24. The van der Waals surface area contributed by atoms with Gasteiger partial charge in [-0.2, -0.15) is 0 Å². The Morgan fingerprint density at radius 3 is 1.36 bits per heavy atom. The van der Waals surface area contributed by atoms with E-state index in [-0.39, 0.29) is 29.0 Å². The first-order valence-corrected chi connectivity index (χ1v) is 2.84. The zero-order valence-electron chi connectivity index (χ0n) is 5.80. The molecule has 0 unspecified atom stereocenters. The van der Waals surface area contributed by atoms with Gasteiger partial charge in [-0.1, -0.05) is 28.4 Å². The van der Waals surface area contributed by atoms with Crippen molar-refractivity contribution >= 4 is 0 Å². The molecule has 0 aromatic carbocycles. The van der Waals surface area contributed by atoms with Gasteiger partial charge < -0.3 is 0 Å². The van der Waals surface area contributed by atoms with Gasteiger partial charge in [0.1, 0.15) is 0 Å². The molecule has 0 aliphatic heterocycles. The predicted octanol–water partition coefficient (Wildman–Crippen LogP) is 5.31. The second kappa shape index (κ2) is 18.2. The van der Waals surface area contributed by atoms with Crippen LogP contribution in [-0.4, -0.2) is 13.1 Å². The van der Waals surface area contributed by atoms with Crippen molar-refractivity contribution in [2.45, 2.75) is 41.6 Å². The summed E-state index contributed by atoms with van der Waals surface area (Å²) >= 11 is 0. The molecule has 0 heterocycles. The van der Waals surface area contributed by atoms with Gasteiger partial charge in [0.15, 0.2) is 0 Å². The van der Waals surface area contributed by atoms with E-state index in [0.29, 0.717) is 6.42 Å². The maximum absolute atomic E-state index is 11.1. The van der Waals surface area contributed by atoms with E-state index in [1.54, 1.807) is 6.08 Å². The van der Waals surface area contributed by atoms with Crippen molar-refractivity contribution in [2.75, 3.05) is 6.67 Å². The van der Waals surface area contributed by atoms with Gasteiger partial charge in [-0.15, -0.1) is 24.1 Å². The van der Waals surface area contributed by atoms with Crippen LogP contribution in [-0.2, 0) is 0 Å². The number of hydrogen-bond acceptors (Lipinski definition) is 0. The third kappa shape index (κ3) is 215. The normalized spacial score (nSPS) is 7.79. The van der Waals surface area contributed by atoms with E-state index in [1.165, 1.54) is 0 Å². The average Bonchev–Trinajstić information content (AvgIpc) is 1.79. The lowest BCUT2D eigenvalue weighted by molar-refractivity contribution is -0.237. The van der Waals surface area contributed by atoms with Crippen molar-refractivity contribution in [3.05, 3.63) is 12.7 Å². The van der Waals surface area contributed by atoms with Gasteiger partial charge in [0.05, 0.1) is 6.67 Å². The van der Waals surface area contributed by atoms with Gasteiger partial charge >= 0.3 is 6.43 Å². The van der Waals surface area contributed by atoms with Crippen molar-refractivity contribution in [1.29, 1.82) is 0 Å². The van der Waals surface area contributed by atoms with Crippen molar-refractivity contribution < 1.29 is 22.0 Å². The largest absolute Gasteiger partial charge is 0.559 e. The Morgan fingerprint density at radius 1 is 1.00 bits per heavy atom. The molecule has 0 saturated heterocycles. The van der Waals surface area contributed by atoms with E-state index in [4.69, 9.17) is 0 Å². The fourth-order valence-corrected chi connectivity index (χ4v) is 0.221. The number of hydrogen-bond donors (Lipinski definition) is 0. The van der Waals surface area contributed by atoms with Gasteiger partial charge in [0.2, 0.25) is 0 Å². The van der Waals surface area contributed by atoms with Crippen molar-refractivity contribution in [2.24, 2.45) is 0 Å². The molecule has 0 N–H and O–H groups in total. The molecule has 0 spiro atoms. The van der Waals surface area contributed by atoms with Crippen LogP contribution in [0.15, 0.2) is 12.7 Å². The fraction of sp³-hybridized carbons (Fsp3) is 0.778. The molecule has 0 aliphatic rings. The third-order valence-electron chi connectivity index (χ3n) is 0.542. The fourth-order valence-electron chi connectivity index (χ4n) is 0.221. The molecule has 0 aliphatic carbocycles. The van der Waals surface area contributed by atoms with Crippen LogP contribution < -0.4 is 0 Å². The SMILES string of the molecule is C.C.C.C=CCCCF.FC(F)(F)F. The lowest BCUT2D eigenvalue weighted by Crippen LogP contribution is -1.92. The quantitative estimate of drug-likeness (QED) is 0.346. The van der Waals surface area contributed by atoms with Crippen LogP contribution in [0.2, 0.25) is 0 Å². The summed E-state index contributed by atoms with van der Waals surface area (Å²) in [6.45, 7) is 3.22. The third-order valence-corrected chi connectivity index (χ3v) is 0.542. The van der Waals surface area contributed by atoms with E-state index in [9.17, 15) is 22.0 Å². The Hall–Kier alpha value is -0.610. The van der Waals surface area contributed by atoms with E-state index < -0.39 is 6.43 Å². The molecule has 0 aromatic heterocycles. The van der Waals surface area contributed by atoms with E-state index >= 15 is 0 Å². The van der Waals surface area contributed by atoms with E-state index in [1.807, 2.05) is 0 Å². The van der Waals surface area contributed by atoms with Crippen LogP contribution in [0.5, 0.6) is 0 Å². The van der Waals surface area contributed by atoms with Gasteiger partial charge in [0, 0.05) is 0 Å². The molecule has 14 heavy (non-hydrogen) atoms. The summed E-state index contributed by atoms with van der Waals surface area (Å²) < 4.78 is 49.9. The smallest absolute Gasteiger partial charge is 0.251 e. The van der Waals surface area contributed by atoms with Crippen LogP contribution in [0, 0.1) is 0 Å². The minimum absolute atomic E-state index is 0. The minimum Gasteiger partial charge on any atom is -0.251 e. The Bertz CT molecular complexity index is 81.7. The molecule has 0 aromatic rings. The van der Waals surface area contributed by atoms with Crippen molar-refractivity contribution in [3.8, 4) is 0 Å². The highest BCUT2D eigenvalue weighted by Crippen LogP contribution is 2.13. The average molecular weight is 224 g/mol. The van der Waals surface area contributed by atoms with Gasteiger partial charge in [0.25, 0.3) is 0 Å². The van der Waals surface area contributed by atoms with Crippen LogP contribution in [0.4, 0.5) is 22.0 Å². The highest BCUT2D eigenvalue weighted by atomic mass is 19.5. The van der Waals surface area contributed by atoms with Gasteiger partial charge in [-0.05, 0) is 12.8 Å². The second-order valence-corrected chi connectivity index (χ2v) is 1.55. The van der Waals surface area contributed by atoms with Gasteiger partial charge in [-0.3, -0.25) is 4.39 Å². The molecular formula is C9H21F5. The number of unbranched alkanes of at least 4 members (excludes halogenated alkanes) is 1. The molecule has 5 heteroatoms. The van der Waals surface area contributed by atoms with Gasteiger partial charge in [-0.25, -0.2) is 0 Å². The van der Waals surface area contributed by atoms with Crippen LogP contribution in [0.25, 0.3) is 0 Å². The highest BCUT2D eigenvalue weighted by molar-refractivity contribution is 4.64. The lowest BCUT2D eigenvalue weighted by Gasteiger charge is -1.82. The zero-order valence-corrected chi connectivity index (χ0v) is 5.80. The van der Waals surface area contributed by atoms with Crippen LogP contribution in [0.1, 0.15) is 35.1 Å². The number of allylic oxidation sites excluding steroid dienone is 1. The summed E-state index contributed by atoms with van der Waals surface area (Å²) in [4.78, 5) is 0. The predicted molar refractivity (Wildman–Crippen MR) is 52.8 cm³/mol. The van der Waals surface area contributed by atoms with E-state index in [0.717, 1.165) is 6.42 Å². The molecule has 0 rings (SSSR count). The minimum atomic E-state index is -5.50. The number of rotatable bonds is 3. The molecule has 0 amide bonds. The maximum Gasteiger partial charge on any atom is 0.559 e. The molecule has 0 bridgehead atoms. The molecule has 0 radical (unpaired) electrons. The molecule has 0 fully saturated rings. The van der Waals surface area contributed by atoms with Crippen molar-refractivity contribution in [1.82, 2.24) is 0 Å². The Morgan fingerprint density at radius 2 is 1.29 bits per heavy atom. The molecule has 0 saturated carbocycles. The first-order valence-electron chi connectivity index (χ1n) is 2.84. The molecule has 0 nitrogen and oxygen atoms in total. The second-order valence-electron chi connectivity index (χ2n) is 1.55. The Labute approximate surface area is 83.8 Å².